The summed E-state index contributed by atoms with van der Waals surface area (Å²) in [7, 11) is 4.01. The second-order valence-corrected chi connectivity index (χ2v) is 6.62. The monoisotopic (exact) mass is 347 g/mol. The summed E-state index contributed by atoms with van der Waals surface area (Å²) >= 11 is 0. The molecule has 25 heavy (non-hydrogen) atoms. The van der Waals surface area contributed by atoms with Crippen LogP contribution in [0.1, 0.15) is 31.4 Å². The van der Waals surface area contributed by atoms with E-state index in [1.54, 1.807) is 11.8 Å². The molecule has 1 N–H and O–H groups in total. The minimum absolute atomic E-state index is 0.0109. The van der Waals surface area contributed by atoms with Crippen LogP contribution in [0.15, 0.2) is 30.3 Å². The minimum Gasteiger partial charge on any atom is -0.450 e. The molecule has 0 bridgehead atoms. The highest BCUT2D eigenvalue weighted by Gasteiger charge is 2.29. The van der Waals surface area contributed by atoms with Gasteiger partial charge in [-0.15, -0.1) is 0 Å². The average Bonchev–Trinajstić information content (AvgIpc) is 2.62. The Hall–Kier alpha value is -2.08. The van der Waals surface area contributed by atoms with Gasteiger partial charge in [0.15, 0.2) is 0 Å². The molecule has 2 unspecified atom stereocenters. The van der Waals surface area contributed by atoms with Gasteiger partial charge in [0.1, 0.15) is 0 Å². The van der Waals surface area contributed by atoms with Crippen molar-refractivity contribution in [3.63, 3.8) is 0 Å². The minimum atomic E-state index is -0.324. The Morgan fingerprint density at radius 1 is 1.32 bits per heavy atom. The van der Waals surface area contributed by atoms with Crippen molar-refractivity contribution in [3.8, 4) is 0 Å². The first kappa shape index (κ1) is 19.2. The quantitative estimate of drug-likeness (QED) is 0.857. The van der Waals surface area contributed by atoms with Gasteiger partial charge in [0.05, 0.1) is 18.6 Å². The Kier molecular flexibility index (Phi) is 7.25. The number of likely N-dealkylation sites (N-methyl/N-ethyl adjacent to an activating group) is 1. The summed E-state index contributed by atoms with van der Waals surface area (Å²) in [5.74, 6) is -0.159. The van der Waals surface area contributed by atoms with E-state index in [0.29, 0.717) is 26.2 Å². The van der Waals surface area contributed by atoms with Gasteiger partial charge in [-0.05, 0) is 39.4 Å². The number of likely N-dealkylation sites (tertiary alicyclic amines) is 1. The number of carbonyl (C=O) groups excluding carboxylic acids is 2. The third-order valence-electron chi connectivity index (χ3n) is 4.60. The van der Waals surface area contributed by atoms with Crippen molar-refractivity contribution < 1.29 is 14.3 Å². The highest BCUT2D eigenvalue weighted by Crippen LogP contribution is 2.19. The van der Waals surface area contributed by atoms with Crippen LogP contribution < -0.4 is 5.32 Å². The normalized spacial score (nSPS) is 18.7. The zero-order chi connectivity index (χ0) is 18.2. The Bertz CT molecular complexity index is 562. The maximum absolute atomic E-state index is 12.6. The fraction of sp³-hybridized carbons (Fsp3) is 0.579. The van der Waals surface area contributed by atoms with Crippen molar-refractivity contribution >= 4 is 12.0 Å². The predicted octanol–water partition coefficient (Wildman–Crippen LogP) is 2.27. The number of hydrogen-bond acceptors (Lipinski definition) is 4. The number of ether oxygens (including phenoxy) is 1. The highest BCUT2D eigenvalue weighted by molar-refractivity contribution is 5.80. The molecule has 6 heteroatoms. The molecule has 2 amide bonds. The molecule has 0 aliphatic carbocycles. The van der Waals surface area contributed by atoms with Crippen molar-refractivity contribution in [2.45, 2.75) is 25.8 Å². The van der Waals surface area contributed by atoms with Gasteiger partial charge < -0.3 is 19.9 Å². The van der Waals surface area contributed by atoms with Gasteiger partial charge in [-0.3, -0.25) is 4.79 Å². The number of hydrogen-bond donors (Lipinski definition) is 1. The molecule has 0 radical (unpaired) electrons. The van der Waals surface area contributed by atoms with Crippen LogP contribution in [-0.4, -0.2) is 62.1 Å². The van der Waals surface area contributed by atoms with E-state index in [9.17, 15) is 9.59 Å². The maximum Gasteiger partial charge on any atom is 0.409 e. The topological polar surface area (TPSA) is 61.9 Å². The van der Waals surface area contributed by atoms with Gasteiger partial charge in [0.25, 0.3) is 0 Å². The largest absolute Gasteiger partial charge is 0.450 e. The van der Waals surface area contributed by atoms with Gasteiger partial charge in [-0.25, -0.2) is 4.79 Å². The number of nitrogens with one attached hydrogen (secondary N) is 1. The molecule has 2 atom stereocenters. The zero-order valence-corrected chi connectivity index (χ0v) is 15.4. The van der Waals surface area contributed by atoms with E-state index in [1.165, 1.54) is 5.56 Å². The number of nitrogens with zero attached hydrogens (tertiary/aromatic N) is 2. The summed E-state index contributed by atoms with van der Waals surface area (Å²) in [6, 6.07) is 10.3. The fourth-order valence-electron chi connectivity index (χ4n) is 3.19. The third kappa shape index (κ3) is 5.46. The second-order valence-electron chi connectivity index (χ2n) is 6.62. The van der Waals surface area contributed by atoms with Crippen LogP contribution in [-0.2, 0) is 9.53 Å². The molecule has 1 aliphatic heterocycles. The molecule has 1 aromatic rings. The number of benzene rings is 1. The summed E-state index contributed by atoms with van der Waals surface area (Å²) in [5.41, 5.74) is 1.17. The van der Waals surface area contributed by atoms with E-state index in [0.717, 1.165) is 12.8 Å². The lowest BCUT2D eigenvalue weighted by atomic mass is 9.97. The van der Waals surface area contributed by atoms with Crippen LogP contribution >= 0.6 is 0 Å². The first-order chi connectivity index (χ1) is 12.0. The fourth-order valence-corrected chi connectivity index (χ4v) is 3.19. The van der Waals surface area contributed by atoms with Gasteiger partial charge >= 0.3 is 6.09 Å². The molecule has 1 fully saturated rings. The van der Waals surface area contributed by atoms with E-state index in [2.05, 4.69) is 22.3 Å². The maximum atomic E-state index is 12.6. The third-order valence-corrected chi connectivity index (χ3v) is 4.60. The molecule has 138 valence electrons. The Morgan fingerprint density at radius 2 is 2.04 bits per heavy atom. The first-order valence-electron chi connectivity index (χ1n) is 8.93. The smallest absolute Gasteiger partial charge is 0.409 e. The first-order valence-corrected chi connectivity index (χ1v) is 8.93. The molecule has 2 rings (SSSR count). The number of amides is 2. The van der Waals surface area contributed by atoms with E-state index in [-0.39, 0.29) is 24.0 Å². The van der Waals surface area contributed by atoms with Gasteiger partial charge in [-0.2, -0.15) is 0 Å². The molecule has 0 spiro atoms. The molecule has 1 heterocycles. The van der Waals surface area contributed by atoms with Crippen LogP contribution in [0.3, 0.4) is 0 Å². The molecule has 0 aromatic heterocycles. The summed E-state index contributed by atoms with van der Waals surface area (Å²) < 4.78 is 5.05. The lowest BCUT2D eigenvalue weighted by molar-refractivity contribution is -0.126. The molecule has 1 aromatic carbocycles. The van der Waals surface area contributed by atoms with Gasteiger partial charge in [0.2, 0.25) is 5.91 Å². The Morgan fingerprint density at radius 3 is 2.68 bits per heavy atom. The standard InChI is InChI=1S/C19H29N3O3/c1-4-25-19(24)22-12-8-11-16(14-22)18(23)20-13-17(21(2)3)15-9-6-5-7-10-15/h5-7,9-10,16-17H,4,8,11-14H2,1-3H3,(H,20,23). The summed E-state index contributed by atoms with van der Waals surface area (Å²) in [4.78, 5) is 28.2. The van der Waals surface area contributed by atoms with Crippen LogP contribution in [0, 0.1) is 5.92 Å². The van der Waals surface area contributed by atoms with Crippen molar-refractivity contribution in [2.24, 2.45) is 5.92 Å². The molecular weight excluding hydrogens is 318 g/mol. The van der Waals surface area contributed by atoms with E-state index >= 15 is 0 Å². The summed E-state index contributed by atoms with van der Waals surface area (Å²) in [6.07, 6.45) is 1.31. The second kappa shape index (κ2) is 9.42. The molecule has 6 nitrogen and oxygen atoms in total. The van der Waals surface area contributed by atoms with Gasteiger partial charge in [-0.1, -0.05) is 30.3 Å². The summed E-state index contributed by atoms with van der Waals surface area (Å²) in [6.45, 7) is 3.78. The summed E-state index contributed by atoms with van der Waals surface area (Å²) in [5, 5.41) is 3.06. The Labute approximate surface area is 150 Å². The highest BCUT2D eigenvalue weighted by atomic mass is 16.6. The van der Waals surface area contributed by atoms with E-state index < -0.39 is 0 Å². The number of rotatable bonds is 6. The van der Waals surface area contributed by atoms with Crippen LogP contribution in [0.5, 0.6) is 0 Å². The molecule has 1 aliphatic rings. The SMILES string of the molecule is CCOC(=O)N1CCCC(C(=O)NCC(c2ccccc2)N(C)C)C1. The van der Waals surface area contributed by atoms with Crippen LogP contribution in [0.4, 0.5) is 4.79 Å². The average molecular weight is 347 g/mol. The van der Waals surface area contributed by atoms with Crippen molar-refractivity contribution in [2.75, 3.05) is 40.3 Å². The lowest BCUT2D eigenvalue weighted by Gasteiger charge is -2.32. The van der Waals surface area contributed by atoms with Crippen LogP contribution in [0.25, 0.3) is 0 Å². The van der Waals surface area contributed by atoms with E-state index in [1.807, 2.05) is 32.3 Å². The predicted molar refractivity (Wildman–Crippen MR) is 97.2 cm³/mol. The lowest BCUT2D eigenvalue weighted by Crippen LogP contribution is -2.46. The molecule has 1 saturated heterocycles. The molecular formula is C19H29N3O3. The van der Waals surface area contributed by atoms with Crippen molar-refractivity contribution in [1.29, 1.82) is 0 Å². The number of piperidine rings is 1. The molecule has 0 saturated carbocycles. The Balaban J connectivity index is 1.91. The zero-order valence-electron chi connectivity index (χ0n) is 15.4. The van der Waals surface area contributed by atoms with Crippen molar-refractivity contribution in [1.82, 2.24) is 15.1 Å². The van der Waals surface area contributed by atoms with E-state index in [4.69, 9.17) is 4.74 Å². The van der Waals surface area contributed by atoms with Crippen molar-refractivity contribution in [3.05, 3.63) is 35.9 Å². The van der Waals surface area contributed by atoms with Gasteiger partial charge in [0, 0.05) is 19.6 Å². The van der Waals surface area contributed by atoms with Crippen LogP contribution in [0.2, 0.25) is 0 Å². The number of carbonyl (C=O) groups is 2.